The van der Waals surface area contributed by atoms with Gasteiger partial charge in [-0.3, -0.25) is 0 Å². The molecule has 1 fully saturated rings. The smallest absolute Gasteiger partial charge is 0.124 e. The van der Waals surface area contributed by atoms with Crippen molar-refractivity contribution in [1.82, 2.24) is 5.32 Å². The average molecular weight is 540 g/mol. The van der Waals surface area contributed by atoms with Crippen molar-refractivity contribution in [3.8, 4) is 5.75 Å². The van der Waals surface area contributed by atoms with Gasteiger partial charge in [-0.1, -0.05) is 96.5 Å². The molecule has 202 valence electrons. The Kier molecular flexibility index (Phi) is 10.1. The van der Waals surface area contributed by atoms with E-state index in [1.54, 1.807) is 0 Å². The maximum absolute atomic E-state index is 6.62. The lowest BCUT2D eigenvalue weighted by Gasteiger charge is -2.19. The predicted octanol–water partition coefficient (Wildman–Crippen LogP) is 7.99. The van der Waals surface area contributed by atoms with Gasteiger partial charge in [-0.2, -0.15) is 0 Å². The van der Waals surface area contributed by atoms with Crippen LogP contribution in [0, 0.1) is 0 Å². The number of ether oxygens (including phenoxy) is 2. The molecule has 4 aromatic carbocycles. The Hall–Kier alpha value is -3.11. The van der Waals surface area contributed by atoms with Crippen molar-refractivity contribution < 1.29 is 9.47 Å². The molecule has 39 heavy (non-hydrogen) atoms. The van der Waals surface area contributed by atoms with Crippen molar-refractivity contribution in [3.05, 3.63) is 136 Å². The van der Waals surface area contributed by atoms with Crippen molar-refractivity contribution >= 4 is 11.6 Å². The minimum absolute atomic E-state index is 0.170. The van der Waals surface area contributed by atoms with Crippen LogP contribution in [-0.2, 0) is 24.1 Å². The molecule has 0 unspecified atom stereocenters. The Bertz CT molecular complexity index is 1270. The van der Waals surface area contributed by atoms with Crippen molar-refractivity contribution in [2.75, 3.05) is 19.8 Å². The number of rotatable bonds is 13. The highest BCUT2D eigenvalue weighted by molar-refractivity contribution is 6.31. The summed E-state index contributed by atoms with van der Waals surface area (Å²) in [6.07, 6.45) is 5.25. The van der Waals surface area contributed by atoms with E-state index in [1.807, 2.05) is 0 Å². The summed E-state index contributed by atoms with van der Waals surface area (Å²) in [5.41, 5.74) is 6.49. The van der Waals surface area contributed by atoms with E-state index in [0.29, 0.717) is 12.5 Å². The highest BCUT2D eigenvalue weighted by Gasteiger charge is 2.17. The molecule has 0 aliphatic carbocycles. The van der Waals surface area contributed by atoms with E-state index in [1.165, 1.54) is 27.8 Å². The number of benzene rings is 4. The molecule has 2 atom stereocenters. The van der Waals surface area contributed by atoms with Gasteiger partial charge in [-0.15, -0.1) is 0 Å². The standard InChI is InChI=1S/C35H38ClNO2/c36-35-19-16-27(22-32(35)23-28-14-17-33(18-15-28)39-34-20-21-38-26-34)10-7-13-31(30-11-5-2-6-12-30)25-37-24-29-8-3-1-4-9-29/h1-6,8-9,11-12,14-19,22,31,34,37H,7,10,13,20-21,23-26H2/t31-,34-/m0/s1. The molecule has 0 radical (unpaired) electrons. The minimum atomic E-state index is 0.170. The van der Waals surface area contributed by atoms with E-state index in [-0.39, 0.29) is 6.10 Å². The molecule has 0 saturated carbocycles. The number of hydrogen-bond donors (Lipinski definition) is 1. The lowest BCUT2D eigenvalue weighted by Crippen LogP contribution is -2.21. The van der Waals surface area contributed by atoms with E-state index >= 15 is 0 Å². The molecule has 0 aromatic heterocycles. The van der Waals surface area contributed by atoms with Gasteiger partial charge in [0.2, 0.25) is 0 Å². The third kappa shape index (κ3) is 8.44. The van der Waals surface area contributed by atoms with Gasteiger partial charge in [0.15, 0.2) is 0 Å². The van der Waals surface area contributed by atoms with Gasteiger partial charge in [0.1, 0.15) is 11.9 Å². The molecular weight excluding hydrogens is 502 g/mol. The Labute approximate surface area is 238 Å². The third-order valence-corrected chi connectivity index (χ3v) is 7.84. The first-order chi connectivity index (χ1) is 19.2. The maximum Gasteiger partial charge on any atom is 0.124 e. The van der Waals surface area contributed by atoms with Gasteiger partial charge >= 0.3 is 0 Å². The first-order valence-electron chi connectivity index (χ1n) is 14.1. The molecule has 3 nitrogen and oxygen atoms in total. The average Bonchev–Trinajstić information content (AvgIpc) is 3.49. The normalized spacial score (nSPS) is 15.8. The van der Waals surface area contributed by atoms with Crippen molar-refractivity contribution in [2.45, 2.75) is 50.7 Å². The zero-order valence-electron chi connectivity index (χ0n) is 22.5. The van der Waals surface area contributed by atoms with E-state index in [2.05, 4.69) is 108 Å². The van der Waals surface area contributed by atoms with Crippen LogP contribution in [0.2, 0.25) is 5.02 Å². The molecule has 4 heteroatoms. The van der Waals surface area contributed by atoms with Gasteiger partial charge in [0.25, 0.3) is 0 Å². The zero-order chi connectivity index (χ0) is 26.7. The summed E-state index contributed by atoms with van der Waals surface area (Å²) in [6, 6.07) is 36.4. The predicted molar refractivity (Wildman–Crippen MR) is 161 cm³/mol. The highest BCUT2D eigenvalue weighted by Crippen LogP contribution is 2.26. The van der Waals surface area contributed by atoms with Crippen LogP contribution >= 0.6 is 11.6 Å². The number of nitrogens with one attached hydrogen (secondary N) is 1. The van der Waals surface area contributed by atoms with E-state index in [9.17, 15) is 0 Å². The molecule has 5 rings (SSSR count). The van der Waals surface area contributed by atoms with E-state index in [0.717, 1.165) is 62.6 Å². The van der Waals surface area contributed by atoms with Crippen LogP contribution in [0.1, 0.15) is 53.0 Å². The van der Waals surface area contributed by atoms with Gasteiger partial charge in [-0.05, 0) is 77.6 Å². The first-order valence-corrected chi connectivity index (χ1v) is 14.5. The second-order valence-electron chi connectivity index (χ2n) is 10.5. The van der Waals surface area contributed by atoms with Crippen molar-refractivity contribution in [1.29, 1.82) is 0 Å². The third-order valence-electron chi connectivity index (χ3n) is 7.47. The molecule has 4 aromatic rings. The lowest BCUT2D eigenvalue weighted by atomic mass is 9.92. The van der Waals surface area contributed by atoms with Gasteiger partial charge in [0, 0.05) is 24.5 Å². The molecule has 1 aliphatic rings. The quantitative estimate of drug-likeness (QED) is 0.187. The topological polar surface area (TPSA) is 30.5 Å². The lowest BCUT2D eigenvalue weighted by molar-refractivity contribution is 0.141. The molecule has 1 aliphatic heterocycles. The van der Waals surface area contributed by atoms with Crippen LogP contribution < -0.4 is 10.1 Å². The van der Waals surface area contributed by atoms with E-state index in [4.69, 9.17) is 21.1 Å². The molecule has 1 heterocycles. The first kappa shape index (κ1) is 27.5. The summed E-state index contributed by atoms with van der Waals surface area (Å²) in [5, 5.41) is 4.51. The number of hydrogen-bond acceptors (Lipinski definition) is 3. The fraction of sp³-hybridized carbons (Fsp3) is 0.314. The largest absolute Gasteiger partial charge is 0.488 e. The molecular formula is C35H38ClNO2. The zero-order valence-corrected chi connectivity index (χ0v) is 23.3. The van der Waals surface area contributed by atoms with Crippen LogP contribution in [-0.4, -0.2) is 25.9 Å². The van der Waals surface area contributed by atoms with Crippen molar-refractivity contribution in [2.24, 2.45) is 0 Å². The Morgan fingerprint density at radius 3 is 2.33 bits per heavy atom. The summed E-state index contributed by atoms with van der Waals surface area (Å²) in [4.78, 5) is 0. The molecule has 1 saturated heterocycles. The second-order valence-corrected chi connectivity index (χ2v) is 10.9. The SMILES string of the molecule is Clc1ccc(CCC[C@@H](CNCc2ccccc2)c2ccccc2)cc1Cc1ccc(O[C@H]2CCOC2)cc1. The molecule has 0 spiro atoms. The summed E-state index contributed by atoms with van der Waals surface area (Å²) < 4.78 is 11.4. The van der Waals surface area contributed by atoms with Crippen LogP contribution in [0.3, 0.4) is 0 Å². The molecule has 1 N–H and O–H groups in total. The Balaban J connectivity index is 1.15. The van der Waals surface area contributed by atoms with Crippen LogP contribution in [0.15, 0.2) is 103 Å². The van der Waals surface area contributed by atoms with Gasteiger partial charge in [-0.25, -0.2) is 0 Å². The monoisotopic (exact) mass is 539 g/mol. The molecule has 0 bridgehead atoms. The number of halogens is 1. The number of aryl methyl sites for hydroxylation is 1. The van der Waals surface area contributed by atoms with Crippen LogP contribution in [0.4, 0.5) is 0 Å². The second kappa shape index (κ2) is 14.3. The summed E-state index contributed by atoms with van der Waals surface area (Å²) in [7, 11) is 0. The fourth-order valence-corrected chi connectivity index (χ4v) is 5.46. The highest BCUT2D eigenvalue weighted by atomic mass is 35.5. The fourth-order valence-electron chi connectivity index (χ4n) is 5.27. The van der Waals surface area contributed by atoms with Crippen LogP contribution in [0.5, 0.6) is 5.75 Å². The van der Waals surface area contributed by atoms with Gasteiger partial charge in [0.05, 0.1) is 13.2 Å². The molecule has 0 amide bonds. The summed E-state index contributed by atoms with van der Waals surface area (Å²) >= 11 is 6.62. The minimum Gasteiger partial charge on any atom is -0.488 e. The van der Waals surface area contributed by atoms with E-state index < -0.39 is 0 Å². The maximum atomic E-state index is 6.62. The summed E-state index contributed by atoms with van der Waals surface area (Å²) in [6.45, 7) is 3.33. The van der Waals surface area contributed by atoms with Crippen LogP contribution in [0.25, 0.3) is 0 Å². The Morgan fingerprint density at radius 2 is 1.59 bits per heavy atom. The van der Waals surface area contributed by atoms with Gasteiger partial charge < -0.3 is 14.8 Å². The van der Waals surface area contributed by atoms with Crippen molar-refractivity contribution in [3.63, 3.8) is 0 Å². The summed E-state index contributed by atoms with van der Waals surface area (Å²) in [5.74, 6) is 1.39. The Morgan fingerprint density at radius 1 is 0.846 bits per heavy atom.